The smallest absolute Gasteiger partial charge is 0.271 e. The number of azo groups is 1. The van der Waals surface area contributed by atoms with E-state index in [0.717, 1.165) is 18.8 Å². The second-order valence-electron chi connectivity index (χ2n) is 5.16. The lowest BCUT2D eigenvalue weighted by molar-refractivity contribution is -0.384. The Hall–Kier alpha value is -3.16. The minimum Gasteiger partial charge on any atom is -0.506 e. The molecule has 8 nitrogen and oxygen atoms in total. The predicted octanol–water partition coefficient (Wildman–Crippen LogP) is 4.57. The minimum atomic E-state index is -0.519. The van der Waals surface area contributed by atoms with E-state index in [0.29, 0.717) is 5.75 Å². The molecule has 0 fully saturated rings. The number of nitro benzene ring substituents is 1. The summed E-state index contributed by atoms with van der Waals surface area (Å²) in [6.45, 7) is 5.70. The van der Waals surface area contributed by atoms with E-state index in [-0.39, 0.29) is 22.8 Å². The number of anilines is 1. The molecule has 0 atom stereocenters. The molecular formula is C17H20N4O4. The number of non-ortho nitro benzene ring substituents is 1. The van der Waals surface area contributed by atoms with Gasteiger partial charge in [-0.05, 0) is 32.0 Å². The summed E-state index contributed by atoms with van der Waals surface area (Å²) in [5.41, 5.74) is 1.25. The fraction of sp³-hybridized carbons (Fsp3) is 0.294. The fourth-order valence-corrected chi connectivity index (χ4v) is 2.36. The van der Waals surface area contributed by atoms with Crippen LogP contribution in [0.1, 0.15) is 13.8 Å². The SMILES string of the molecule is CCN(CC)c1ccc(N=Nc2cc([N+](=O)[O-])ccc2OC)c(O)c1. The van der Waals surface area contributed by atoms with Crippen molar-refractivity contribution in [1.29, 1.82) is 0 Å². The molecule has 0 saturated carbocycles. The minimum absolute atomic E-state index is 0.0162. The van der Waals surface area contributed by atoms with E-state index >= 15 is 0 Å². The normalized spacial score (nSPS) is 10.8. The molecule has 25 heavy (non-hydrogen) atoms. The summed E-state index contributed by atoms with van der Waals surface area (Å²) in [5.74, 6) is 0.339. The van der Waals surface area contributed by atoms with Gasteiger partial charge in [-0.15, -0.1) is 10.2 Å². The third-order valence-electron chi connectivity index (χ3n) is 3.73. The number of rotatable bonds is 7. The highest BCUT2D eigenvalue weighted by molar-refractivity contribution is 5.62. The number of phenolic OH excluding ortho intramolecular Hbond substituents is 1. The average Bonchev–Trinajstić information content (AvgIpc) is 2.61. The molecule has 0 aliphatic carbocycles. The van der Waals surface area contributed by atoms with Crippen LogP contribution < -0.4 is 9.64 Å². The third-order valence-corrected chi connectivity index (χ3v) is 3.73. The first-order valence-electron chi connectivity index (χ1n) is 7.82. The summed E-state index contributed by atoms with van der Waals surface area (Å²) in [6, 6.07) is 9.15. The number of hydrogen-bond acceptors (Lipinski definition) is 7. The molecule has 132 valence electrons. The second kappa shape index (κ2) is 8.09. The Morgan fingerprint density at radius 1 is 1.12 bits per heavy atom. The monoisotopic (exact) mass is 344 g/mol. The van der Waals surface area contributed by atoms with Gasteiger partial charge in [0.1, 0.15) is 22.9 Å². The zero-order valence-corrected chi connectivity index (χ0v) is 14.3. The van der Waals surface area contributed by atoms with E-state index in [2.05, 4.69) is 15.1 Å². The highest BCUT2D eigenvalue weighted by atomic mass is 16.6. The topological polar surface area (TPSA) is 101 Å². The van der Waals surface area contributed by atoms with Crippen molar-refractivity contribution in [3.8, 4) is 11.5 Å². The summed E-state index contributed by atoms with van der Waals surface area (Å²) in [7, 11) is 1.44. The van der Waals surface area contributed by atoms with Gasteiger partial charge in [-0.3, -0.25) is 10.1 Å². The van der Waals surface area contributed by atoms with Crippen molar-refractivity contribution < 1.29 is 14.8 Å². The predicted molar refractivity (Wildman–Crippen MR) is 95.5 cm³/mol. The van der Waals surface area contributed by atoms with Crippen molar-refractivity contribution >= 4 is 22.7 Å². The Bertz CT molecular complexity index is 788. The molecule has 8 heteroatoms. The van der Waals surface area contributed by atoms with Crippen LogP contribution in [0.4, 0.5) is 22.7 Å². The largest absolute Gasteiger partial charge is 0.506 e. The van der Waals surface area contributed by atoms with Crippen LogP contribution in [0.25, 0.3) is 0 Å². The first kappa shape index (κ1) is 18.2. The van der Waals surface area contributed by atoms with Crippen LogP contribution in [0.3, 0.4) is 0 Å². The van der Waals surface area contributed by atoms with Gasteiger partial charge in [-0.1, -0.05) is 0 Å². The lowest BCUT2D eigenvalue weighted by Gasteiger charge is -2.21. The summed E-state index contributed by atoms with van der Waals surface area (Å²) in [4.78, 5) is 12.5. The molecule has 0 amide bonds. The van der Waals surface area contributed by atoms with E-state index < -0.39 is 4.92 Å². The van der Waals surface area contributed by atoms with E-state index in [4.69, 9.17) is 4.74 Å². The molecule has 1 N–H and O–H groups in total. The molecule has 0 aliphatic heterocycles. The summed E-state index contributed by atoms with van der Waals surface area (Å²) < 4.78 is 5.13. The van der Waals surface area contributed by atoms with Gasteiger partial charge in [0.2, 0.25) is 0 Å². The van der Waals surface area contributed by atoms with Crippen LogP contribution in [-0.4, -0.2) is 30.2 Å². The van der Waals surface area contributed by atoms with Crippen molar-refractivity contribution in [2.45, 2.75) is 13.8 Å². The molecular weight excluding hydrogens is 324 g/mol. The molecule has 2 aromatic carbocycles. The lowest BCUT2D eigenvalue weighted by Crippen LogP contribution is -2.21. The zero-order chi connectivity index (χ0) is 18.4. The average molecular weight is 344 g/mol. The lowest BCUT2D eigenvalue weighted by atomic mass is 10.2. The Morgan fingerprint density at radius 3 is 2.36 bits per heavy atom. The number of methoxy groups -OCH3 is 1. The molecule has 0 unspecified atom stereocenters. The van der Waals surface area contributed by atoms with Gasteiger partial charge in [0.15, 0.2) is 0 Å². The Kier molecular flexibility index (Phi) is 5.89. The summed E-state index contributed by atoms with van der Waals surface area (Å²) >= 11 is 0. The van der Waals surface area contributed by atoms with E-state index in [1.165, 1.54) is 25.3 Å². The molecule has 2 aromatic rings. The van der Waals surface area contributed by atoms with E-state index in [9.17, 15) is 15.2 Å². The maximum Gasteiger partial charge on any atom is 0.271 e. The van der Waals surface area contributed by atoms with E-state index in [1.807, 2.05) is 19.9 Å². The molecule has 0 saturated heterocycles. The van der Waals surface area contributed by atoms with Crippen molar-refractivity contribution in [2.24, 2.45) is 10.2 Å². The van der Waals surface area contributed by atoms with Crippen LogP contribution in [0.5, 0.6) is 11.5 Å². The number of phenols is 1. The molecule has 0 spiro atoms. The molecule has 0 heterocycles. The van der Waals surface area contributed by atoms with E-state index in [1.54, 1.807) is 12.1 Å². The van der Waals surface area contributed by atoms with Crippen molar-refractivity contribution in [3.05, 3.63) is 46.5 Å². The first-order valence-corrected chi connectivity index (χ1v) is 7.82. The van der Waals surface area contributed by atoms with Gasteiger partial charge >= 0.3 is 0 Å². The van der Waals surface area contributed by atoms with Gasteiger partial charge in [0.05, 0.1) is 12.0 Å². The molecule has 0 aromatic heterocycles. The van der Waals surface area contributed by atoms with Gasteiger partial charge in [0.25, 0.3) is 5.69 Å². The first-order chi connectivity index (χ1) is 12.0. The van der Waals surface area contributed by atoms with Crippen LogP contribution in [-0.2, 0) is 0 Å². The standard InChI is InChI=1S/C17H20N4O4/c1-4-20(5-2)12-6-8-14(16(22)11-12)18-19-15-10-13(21(23)24)7-9-17(15)25-3/h6-11,22H,4-5H2,1-3H3. The molecule has 0 radical (unpaired) electrons. The highest BCUT2D eigenvalue weighted by Crippen LogP contribution is 2.35. The maximum absolute atomic E-state index is 10.9. The second-order valence-corrected chi connectivity index (χ2v) is 5.16. The molecule has 0 aliphatic rings. The van der Waals surface area contributed by atoms with Crippen molar-refractivity contribution in [2.75, 3.05) is 25.1 Å². The summed E-state index contributed by atoms with van der Waals surface area (Å²) in [6.07, 6.45) is 0. The quantitative estimate of drug-likeness (QED) is 0.450. The van der Waals surface area contributed by atoms with Crippen molar-refractivity contribution in [3.63, 3.8) is 0 Å². The molecule has 0 bridgehead atoms. The number of benzene rings is 2. The van der Waals surface area contributed by atoms with Crippen LogP contribution >= 0.6 is 0 Å². The third kappa shape index (κ3) is 4.23. The number of hydrogen-bond donors (Lipinski definition) is 1. The number of ether oxygens (including phenoxy) is 1. The number of nitro groups is 1. The van der Waals surface area contributed by atoms with Crippen LogP contribution in [0, 0.1) is 10.1 Å². The fourth-order valence-electron chi connectivity index (χ4n) is 2.36. The van der Waals surface area contributed by atoms with Gasteiger partial charge in [0, 0.05) is 37.0 Å². The Labute approximate surface area is 145 Å². The van der Waals surface area contributed by atoms with Crippen LogP contribution in [0.2, 0.25) is 0 Å². The highest BCUT2D eigenvalue weighted by Gasteiger charge is 2.12. The van der Waals surface area contributed by atoms with Gasteiger partial charge < -0.3 is 14.7 Å². The number of aromatic hydroxyl groups is 1. The Morgan fingerprint density at radius 2 is 1.80 bits per heavy atom. The number of nitrogens with zero attached hydrogens (tertiary/aromatic N) is 4. The zero-order valence-electron chi connectivity index (χ0n) is 14.3. The Balaban J connectivity index is 2.33. The van der Waals surface area contributed by atoms with Gasteiger partial charge in [-0.2, -0.15) is 0 Å². The molecule has 2 rings (SSSR count). The van der Waals surface area contributed by atoms with Crippen molar-refractivity contribution in [1.82, 2.24) is 0 Å². The summed E-state index contributed by atoms with van der Waals surface area (Å²) in [5, 5.41) is 29.0. The maximum atomic E-state index is 10.9. The van der Waals surface area contributed by atoms with Crippen LogP contribution in [0.15, 0.2) is 46.6 Å². The van der Waals surface area contributed by atoms with Gasteiger partial charge in [-0.25, -0.2) is 0 Å².